The van der Waals surface area contributed by atoms with Crippen LogP contribution in [0.5, 0.6) is 11.5 Å². The normalized spacial score (nSPS) is 16.6. The summed E-state index contributed by atoms with van der Waals surface area (Å²) in [6.45, 7) is 2.06. The number of nitrogens with zero attached hydrogens (tertiary/aromatic N) is 3. The third kappa shape index (κ3) is 4.86. The van der Waals surface area contributed by atoms with Gasteiger partial charge in [0.1, 0.15) is 17.5 Å². The maximum absolute atomic E-state index is 13.9. The Morgan fingerprint density at radius 3 is 2.82 bits per heavy atom. The molecule has 1 N–H and O–H groups in total. The number of aliphatic imine (C=N–C) groups is 1. The summed E-state index contributed by atoms with van der Waals surface area (Å²) < 4.78 is 25.8. The zero-order valence-corrected chi connectivity index (χ0v) is 20.3. The second kappa shape index (κ2) is 9.88. The predicted octanol–water partition coefficient (Wildman–Crippen LogP) is 5.60. The molecule has 2 heterocycles. The number of hydrogen-bond donors (Lipinski definition) is 1. The largest absolute Gasteiger partial charge is 0.493 e. The van der Waals surface area contributed by atoms with Gasteiger partial charge in [0.25, 0.3) is 5.91 Å². The van der Waals surface area contributed by atoms with E-state index in [0.29, 0.717) is 32.3 Å². The monoisotopic (exact) mass is 530 g/mol. The van der Waals surface area contributed by atoms with Crippen molar-refractivity contribution in [2.24, 2.45) is 10.1 Å². The van der Waals surface area contributed by atoms with E-state index in [1.54, 1.807) is 36.4 Å². The van der Waals surface area contributed by atoms with Crippen LogP contribution in [0.25, 0.3) is 6.08 Å². The molecule has 2 aliphatic rings. The Labute approximate surface area is 203 Å². The summed E-state index contributed by atoms with van der Waals surface area (Å²) in [6, 6.07) is 9.79. The molecule has 170 valence electrons. The first-order chi connectivity index (χ1) is 15.9. The number of amides is 1. The van der Waals surface area contributed by atoms with Crippen molar-refractivity contribution in [1.82, 2.24) is 5.01 Å². The summed E-state index contributed by atoms with van der Waals surface area (Å²) in [5.41, 5.74) is 1.14. The Balaban J connectivity index is 1.61. The molecule has 0 aromatic heterocycles. The van der Waals surface area contributed by atoms with Crippen LogP contribution in [0.2, 0.25) is 0 Å². The summed E-state index contributed by atoms with van der Waals surface area (Å²) in [7, 11) is 1.49. The maximum Gasteiger partial charge on any atom is 0.283 e. The number of rotatable bonds is 7. The number of amidine groups is 2. The average molecular weight is 531 g/mol. The molecular formula is C23H20BrFN4O3S. The van der Waals surface area contributed by atoms with Crippen LogP contribution in [0, 0.1) is 11.2 Å². The fraction of sp³-hybridized carbons (Fsp3) is 0.217. The molecule has 0 bridgehead atoms. The van der Waals surface area contributed by atoms with Gasteiger partial charge in [-0.15, -0.1) is 0 Å². The lowest BCUT2D eigenvalue weighted by atomic mass is 10.1. The van der Waals surface area contributed by atoms with Crippen LogP contribution in [-0.2, 0) is 11.4 Å². The van der Waals surface area contributed by atoms with Gasteiger partial charge in [-0.1, -0.05) is 25.1 Å². The molecule has 7 nitrogen and oxygen atoms in total. The first-order valence-corrected chi connectivity index (χ1v) is 11.7. The summed E-state index contributed by atoms with van der Waals surface area (Å²) in [5, 5.41) is 15.5. The highest BCUT2D eigenvalue weighted by molar-refractivity contribution is 9.10. The quantitative estimate of drug-likeness (QED) is 0.471. The van der Waals surface area contributed by atoms with Crippen molar-refractivity contribution in [2.45, 2.75) is 26.4 Å². The fourth-order valence-electron chi connectivity index (χ4n) is 3.24. The van der Waals surface area contributed by atoms with E-state index in [9.17, 15) is 9.18 Å². The van der Waals surface area contributed by atoms with Crippen molar-refractivity contribution < 1.29 is 18.7 Å². The SMILES string of the molecule is CCCC1=NN2C(=N)/C(=C/c3cc(Br)c(OCc4ccccc4F)c(OC)c3)C(=O)N=C2S1. The van der Waals surface area contributed by atoms with Crippen molar-refractivity contribution in [1.29, 1.82) is 5.41 Å². The molecule has 0 saturated heterocycles. The van der Waals surface area contributed by atoms with Gasteiger partial charge in [-0.2, -0.15) is 15.1 Å². The van der Waals surface area contributed by atoms with E-state index in [1.807, 2.05) is 6.92 Å². The molecule has 0 atom stereocenters. The smallest absolute Gasteiger partial charge is 0.283 e. The van der Waals surface area contributed by atoms with Crippen molar-refractivity contribution >= 4 is 55.7 Å². The van der Waals surface area contributed by atoms with Gasteiger partial charge in [-0.05, 0) is 70.4 Å². The van der Waals surface area contributed by atoms with Crippen LogP contribution in [0.3, 0.4) is 0 Å². The molecule has 0 fully saturated rings. The molecule has 33 heavy (non-hydrogen) atoms. The van der Waals surface area contributed by atoms with E-state index in [2.05, 4.69) is 26.0 Å². The van der Waals surface area contributed by atoms with Crippen LogP contribution in [0.15, 0.2) is 56.5 Å². The summed E-state index contributed by atoms with van der Waals surface area (Å²) in [5.74, 6) is -0.0854. The third-order valence-electron chi connectivity index (χ3n) is 4.85. The summed E-state index contributed by atoms with van der Waals surface area (Å²) >= 11 is 4.78. The molecule has 2 aromatic carbocycles. The Hall–Kier alpha value is -2.98. The lowest BCUT2D eigenvalue weighted by Gasteiger charge is -2.20. The Morgan fingerprint density at radius 1 is 1.30 bits per heavy atom. The number of hydrazone groups is 1. The first kappa shape index (κ1) is 23.2. The third-order valence-corrected chi connectivity index (χ3v) is 6.41. The number of carbonyl (C=O) groups excluding carboxylic acids is 1. The first-order valence-electron chi connectivity index (χ1n) is 10.1. The van der Waals surface area contributed by atoms with E-state index in [-0.39, 0.29) is 23.8 Å². The molecule has 0 aliphatic carbocycles. The van der Waals surface area contributed by atoms with Gasteiger partial charge in [-0.25, -0.2) is 4.39 Å². The second-order valence-corrected chi connectivity index (χ2v) is 9.07. The number of hydrogen-bond acceptors (Lipinski definition) is 6. The van der Waals surface area contributed by atoms with Crippen molar-refractivity contribution in [3.05, 3.63) is 63.4 Å². The zero-order valence-electron chi connectivity index (χ0n) is 17.9. The van der Waals surface area contributed by atoms with Gasteiger partial charge in [-0.3, -0.25) is 10.2 Å². The van der Waals surface area contributed by atoms with Gasteiger partial charge in [0.15, 0.2) is 17.3 Å². The highest BCUT2D eigenvalue weighted by Gasteiger charge is 2.35. The Bertz CT molecular complexity index is 1230. The van der Waals surface area contributed by atoms with Crippen LogP contribution in [0.1, 0.15) is 30.9 Å². The van der Waals surface area contributed by atoms with E-state index in [1.165, 1.54) is 29.9 Å². The Kier molecular flexibility index (Phi) is 6.94. The lowest BCUT2D eigenvalue weighted by Crippen LogP contribution is -2.35. The number of methoxy groups -OCH3 is 1. The van der Waals surface area contributed by atoms with Crippen LogP contribution in [0.4, 0.5) is 4.39 Å². The average Bonchev–Trinajstić information content (AvgIpc) is 3.19. The van der Waals surface area contributed by atoms with Gasteiger partial charge in [0, 0.05) is 5.56 Å². The van der Waals surface area contributed by atoms with Crippen LogP contribution >= 0.6 is 27.7 Å². The van der Waals surface area contributed by atoms with Gasteiger partial charge in [0.05, 0.1) is 17.2 Å². The number of fused-ring (bicyclic) bond motifs is 1. The minimum atomic E-state index is -0.498. The molecule has 0 radical (unpaired) electrons. The number of thioether (sulfide) groups is 1. The van der Waals surface area contributed by atoms with Crippen molar-refractivity contribution in [2.75, 3.05) is 7.11 Å². The van der Waals surface area contributed by atoms with Gasteiger partial charge in [0.2, 0.25) is 5.17 Å². The van der Waals surface area contributed by atoms with Crippen molar-refractivity contribution in [3.8, 4) is 11.5 Å². The minimum absolute atomic E-state index is 0.0212. The number of halogens is 2. The van der Waals surface area contributed by atoms with Crippen molar-refractivity contribution in [3.63, 3.8) is 0 Å². The van der Waals surface area contributed by atoms with E-state index >= 15 is 0 Å². The molecule has 4 rings (SSSR count). The zero-order chi connectivity index (χ0) is 23.5. The fourth-order valence-corrected chi connectivity index (χ4v) is 4.80. The molecular weight excluding hydrogens is 511 g/mol. The maximum atomic E-state index is 13.9. The van der Waals surface area contributed by atoms with E-state index < -0.39 is 5.91 Å². The van der Waals surface area contributed by atoms with Crippen LogP contribution < -0.4 is 9.47 Å². The Morgan fingerprint density at radius 2 is 2.09 bits per heavy atom. The van der Waals surface area contributed by atoms with Crippen LogP contribution in [-0.4, -0.2) is 34.1 Å². The topological polar surface area (TPSA) is 87.3 Å². The molecule has 1 amide bonds. The van der Waals surface area contributed by atoms with E-state index in [0.717, 1.165) is 17.9 Å². The molecule has 0 unspecified atom stereocenters. The molecule has 2 aromatic rings. The minimum Gasteiger partial charge on any atom is -0.493 e. The molecule has 10 heteroatoms. The molecule has 0 spiro atoms. The van der Waals surface area contributed by atoms with E-state index in [4.69, 9.17) is 14.9 Å². The standard InChI is InChI=1S/C23H20BrFN4O3S/c1-3-6-19-28-29-21(26)15(22(30)27-23(29)33-19)9-13-10-16(24)20(18(11-13)31-2)32-12-14-7-4-5-8-17(14)25/h4-5,7-11,26H,3,6,12H2,1-2H3/b15-9-,26-21?. The van der Waals surface area contributed by atoms with Gasteiger partial charge >= 0.3 is 0 Å². The number of nitrogens with one attached hydrogen (secondary N) is 1. The second-order valence-electron chi connectivity index (χ2n) is 7.18. The molecule has 0 saturated carbocycles. The number of benzene rings is 2. The molecule has 2 aliphatic heterocycles. The number of carbonyl (C=O) groups is 1. The summed E-state index contributed by atoms with van der Waals surface area (Å²) in [6.07, 6.45) is 3.24. The lowest BCUT2D eigenvalue weighted by molar-refractivity contribution is -0.114. The highest BCUT2D eigenvalue weighted by atomic mass is 79.9. The van der Waals surface area contributed by atoms with Gasteiger partial charge < -0.3 is 9.47 Å². The highest BCUT2D eigenvalue weighted by Crippen LogP contribution is 2.38. The summed E-state index contributed by atoms with van der Waals surface area (Å²) in [4.78, 5) is 16.7. The number of ether oxygens (including phenoxy) is 2. The predicted molar refractivity (Wildman–Crippen MR) is 131 cm³/mol.